The van der Waals surface area contributed by atoms with Crippen LogP contribution in [0.2, 0.25) is 0 Å². The van der Waals surface area contributed by atoms with Gasteiger partial charge in [-0.1, -0.05) is 17.7 Å². The summed E-state index contributed by atoms with van der Waals surface area (Å²) in [7, 11) is 0. The van der Waals surface area contributed by atoms with Gasteiger partial charge >= 0.3 is 11.9 Å². The van der Waals surface area contributed by atoms with E-state index in [1.54, 1.807) is 19.1 Å². The standard InChI is InChI=1S/C13H17NO4/c1-3-17-13(16)11(14)8-18-12(15)10-6-4-9(2)5-7-10/h4-7,11H,3,8,14H2,1-2H3. The molecule has 0 spiro atoms. The summed E-state index contributed by atoms with van der Waals surface area (Å²) in [6, 6.07) is 5.99. The second-order valence-corrected chi connectivity index (χ2v) is 3.82. The third-order valence-corrected chi connectivity index (χ3v) is 2.27. The van der Waals surface area contributed by atoms with Gasteiger partial charge in [-0.25, -0.2) is 4.79 Å². The molecule has 5 nitrogen and oxygen atoms in total. The van der Waals surface area contributed by atoms with Crippen molar-refractivity contribution >= 4 is 11.9 Å². The Morgan fingerprint density at radius 1 is 1.22 bits per heavy atom. The first-order chi connectivity index (χ1) is 8.54. The topological polar surface area (TPSA) is 78.6 Å². The van der Waals surface area contributed by atoms with Crippen LogP contribution in [0.15, 0.2) is 24.3 Å². The SMILES string of the molecule is CCOC(=O)C(N)COC(=O)c1ccc(C)cc1. The fourth-order valence-corrected chi connectivity index (χ4v) is 1.26. The summed E-state index contributed by atoms with van der Waals surface area (Å²) in [5, 5.41) is 0. The van der Waals surface area contributed by atoms with Crippen LogP contribution in [-0.2, 0) is 14.3 Å². The molecule has 18 heavy (non-hydrogen) atoms. The van der Waals surface area contributed by atoms with Crippen LogP contribution in [0.25, 0.3) is 0 Å². The van der Waals surface area contributed by atoms with E-state index >= 15 is 0 Å². The Bertz CT molecular complexity index is 414. The van der Waals surface area contributed by atoms with Crippen LogP contribution in [0.3, 0.4) is 0 Å². The van der Waals surface area contributed by atoms with Crippen LogP contribution in [0, 0.1) is 6.92 Å². The van der Waals surface area contributed by atoms with Gasteiger partial charge in [0, 0.05) is 0 Å². The Balaban J connectivity index is 2.46. The molecule has 0 saturated heterocycles. The highest BCUT2D eigenvalue weighted by molar-refractivity contribution is 5.89. The van der Waals surface area contributed by atoms with Gasteiger partial charge in [-0.15, -0.1) is 0 Å². The highest BCUT2D eigenvalue weighted by Crippen LogP contribution is 2.05. The third kappa shape index (κ3) is 4.18. The summed E-state index contributed by atoms with van der Waals surface area (Å²) in [6.07, 6.45) is 0. The molecule has 0 bridgehead atoms. The molecule has 1 aromatic rings. The molecule has 0 aliphatic rings. The molecule has 1 aromatic carbocycles. The van der Waals surface area contributed by atoms with E-state index in [1.165, 1.54) is 0 Å². The van der Waals surface area contributed by atoms with E-state index in [0.29, 0.717) is 5.56 Å². The predicted octanol–water partition coefficient (Wildman–Crippen LogP) is 1.04. The zero-order valence-electron chi connectivity index (χ0n) is 10.5. The Hall–Kier alpha value is -1.88. The van der Waals surface area contributed by atoms with Crippen LogP contribution < -0.4 is 5.73 Å². The summed E-state index contributed by atoms with van der Waals surface area (Å²) < 4.78 is 9.63. The van der Waals surface area contributed by atoms with Crippen molar-refractivity contribution < 1.29 is 19.1 Å². The first-order valence-electron chi connectivity index (χ1n) is 5.70. The van der Waals surface area contributed by atoms with Crippen molar-refractivity contribution in [1.82, 2.24) is 0 Å². The first kappa shape index (κ1) is 14.2. The molecule has 98 valence electrons. The highest BCUT2D eigenvalue weighted by atomic mass is 16.5. The molecule has 0 aliphatic carbocycles. The maximum atomic E-state index is 11.6. The lowest BCUT2D eigenvalue weighted by atomic mass is 10.1. The monoisotopic (exact) mass is 251 g/mol. The van der Waals surface area contributed by atoms with Crippen molar-refractivity contribution in [3.63, 3.8) is 0 Å². The minimum Gasteiger partial charge on any atom is -0.465 e. The van der Waals surface area contributed by atoms with Gasteiger partial charge in [-0.3, -0.25) is 4.79 Å². The zero-order chi connectivity index (χ0) is 13.5. The van der Waals surface area contributed by atoms with E-state index in [9.17, 15) is 9.59 Å². The Morgan fingerprint density at radius 2 is 1.83 bits per heavy atom. The van der Waals surface area contributed by atoms with E-state index in [1.807, 2.05) is 19.1 Å². The average molecular weight is 251 g/mol. The molecule has 0 aromatic heterocycles. The lowest BCUT2D eigenvalue weighted by Gasteiger charge is -2.11. The largest absolute Gasteiger partial charge is 0.465 e. The molecule has 0 heterocycles. The fraction of sp³-hybridized carbons (Fsp3) is 0.385. The number of aryl methyl sites for hydroxylation is 1. The maximum Gasteiger partial charge on any atom is 0.338 e. The number of ether oxygens (including phenoxy) is 2. The molecule has 0 amide bonds. The molecule has 0 fully saturated rings. The summed E-state index contributed by atoms with van der Waals surface area (Å²) in [6.45, 7) is 3.67. The number of rotatable bonds is 5. The lowest BCUT2D eigenvalue weighted by Crippen LogP contribution is -2.37. The van der Waals surface area contributed by atoms with Crippen LogP contribution in [0.1, 0.15) is 22.8 Å². The van der Waals surface area contributed by atoms with Gasteiger partial charge in [-0.2, -0.15) is 0 Å². The normalized spacial score (nSPS) is 11.7. The highest BCUT2D eigenvalue weighted by Gasteiger charge is 2.17. The summed E-state index contributed by atoms with van der Waals surface area (Å²) in [4.78, 5) is 22.8. The van der Waals surface area contributed by atoms with Gasteiger partial charge in [0.25, 0.3) is 0 Å². The number of carbonyl (C=O) groups is 2. The third-order valence-electron chi connectivity index (χ3n) is 2.27. The van der Waals surface area contributed by atoms with Crippen LogP contribution >= 0.6 is 0 Å². The number of esters is 2. The average Bonchev–Trinajstić information content (AvgIpc) is 2.36. The van der Waals surface area contributed by atoms with Gasteiger partial charge in [0.2, 0.25) is 0 Å². The van der Waals surface area contributed by atoms with Crippen molar-refractivity contribution in [3.05, 3.63) is 35.4 Å². The molecule has 0 aliphatic heterocycles. The van der Waals surface area contributed by atoms with Gasteiger partial charge in [-0.05, 0) is 26.0 Å². The number of nitrogens with two attached hydrogens (primary N) is 1. The van der Waals surface area contributed by atoms with Crippen LogP contribution in [0.5, 0.6) is 0 Å². The second kappa shape index (κ2) is 6.76. The lowest BCUT2D eigenvalue weighted by molar-refractivity contribution is -0.145. The number of hydrogen-bond donors (Lipinski definition) is 1. The van der Waals surface area contributed by atoms with E-state index in [0.717, 1.165) is 5.56 Å². The van der Waals surface area contributed by atoms with E-state index < -0.39 is 18.0 Å². The summed E-state index contributed by atoms with van der Waals surface area (Å²) >= 11 is 0. The summed E-state index contributed by atoms with van der Waals surface area (Å²) in [5.41, 5.74) is 6.98. The zero-order valence-corrected chi connectivity index (χ0v) is 10.5. The van der Waals surface area contributed by atoms with Crippen molar-refractivity contribution in [2.45, 2.75) is 19.9 Å². The fourth-order valence-electron chi connectivity index (χ4n) is 1.26. The number of benzene rings is 1. The van der Waals surface area contributed by atoms with Gasteiger partial charge < -0.3 is 15.2 Å². The van der Waals surface area contributed by atoms with Gasteiger partial charge in [0.15, 0.2) is 0 Å². The molecular weight excluding hydrogens is 234 g/mol. The number of carbonyl (C=O) groups excluding carboxylic acids is 2. The molecule has 0 saturated carbocycles. The molecular formula is C13H17NO4. The Morgan fingerprint density at radius 3 is 2.39 bits per heavy atom. The van der Waals surface area contributed by atoms with Crippen LogP contribution in [-0.4, -0.2) is 31.2 Å². The summed E-state index contributed by atoms with van der Waals surface area (Å²) in [5.74, 6) is -1.08. The Labute approximate surface area is 106 Å². The van der Waals surface area contributed by atoms with Crippen molar-refractivity contribution in [1.29, 1.82) is 0 Å². The second-order valence-electron chi connectivity index (χ2n) is 3.82. The van der Waals surface area contributed by atoms with Crippen LogP contribution in [0.4, 0.5) is 0 Å². The van der Waals surface area contributed by atoms with Gasteiger partial charge in [0.05, 0.1) is 12.2 Å². The van der Waals surface area contributed by atoms with Crippen molar-refractivity contribution in [2.75, 3.05) is 13.2 Å². The quantitative estimate of drug-likeness (QED) is 0.791. The molecule has 5 heteroatoms. The molecule has 2 N–H and O–H groups in total. The molecule has 1 atom stereocenters. The van der Waals surface area contributed by atoms with E-state index in [2.05, 4.69) is 0 Å². The molecule has 0 radical (unpaired) electrons. The van der Waals surface area contributed by atoms with Gasteiger partial charge in [0.1, 0.15) is 12.6 Å². The molecule has 1 rings (SSSR count). The number of hydrogen-bond acceptors (Lipinski definition) is 5. The smallest absolute Gasteiger partial charge is 0.338 e. The maximum absolute atomic E-state index is 11.6. The van der Waals surface area contributed by atoms with Crippen molar-refractivity contribution in [2.24, 2.45) is 5.73 Å². The molecule has 1 unspecified atom stereocenters. The minimum atomic E-state index is -0.945. The minimum absolute atomic E-state index is 0.189. The van der Waals surface area contributed by atoms with E-state index in [4.69, 9.17) is 15.2 Å². The predicted molar refractivity (Wildman–Crippen MR) is 66.1 cm³/mol. The first-order valence-corrected chi connectivity index (χ1v) is 5.70. The Kier molecular flexibility index (Phi) is 5.32. The van der Waals surface area contributed by atoms with Crippen molar-refractivity contribution in [3.8, 4) is 0 Å². The van der Waals surface area contributed by atoms with E-state index in [-0.39, 0.29) is 13.2 Å².